The summed E-state index contributed by atoms with van der Waals surface area (Å²) in [6, 6.07) is 24.7. The fraction of sp³-hybridized carbons (Fsp3) is 0. The lowest BCUT2D eigenvalue weighted by atomic mass is 10.0. The molecule has 0 spiro atoms. The number of rotatable bonds is 4. The summed E-state index contributed by atoms with van der Waals surface area (Å²) in [5.74, 6) is -0.257. The van der Waals surface area contributed by atoms with Crippen LogP contribution in [0.4, 0.5) is 0 Å². The normalized spacial score (nSPS) is 10.7. The minimum atomic E-state index is -0.257. The second kappa shape index (κ2) is 7.57. The van der Waals surface area contributed by atoms with E-state index in [9.17, 15) is 4.79 Å². The van der Waals surface area contributed by atoms with Crippen molar-refractivity contribution in [3.8, 4) is 11.1 Å². The lowest BCUT2D eigenvalue weighted by Crippen LogP contribution is -2.17. The molecule has 0 aliphatic rings. The topological polar surface area (TPSA) is 41.5 Å². The Hall–Kier alpha value is -2.91. The van der Waals surface area contributed by atoms with Crippen molar-refractivity contribution >= 4 is 23.7 Å². The molecule has 0 radical (unpaired) electrons. The first-order valence-corrected chi connectivity index (χ1v) is 7.84. The molecule has 0 aliphatic carbocycles. The average Bonchev–Trinajstić information content (AvgIpc) is 2.63. The van der Waals surface area contributed by atoms with Gasteiger partial charge in [-0.15, -0.1) is 0 Å². The van der Waals surface area contributed by atoms with Crippen LogP contribution >= 0.6 is 11.6 Å². The van der Waals surface area contributed by atoms with Crippen molar-refractivity contribution in [1.82, 2.24) is 5.43 Å². The predicted octanol–water partition coefficient (Wildman–Crippen LogP) is 4.77. The first-order chi connectivity index (χ1) is 11.7. The Bertz CT molecular complexity index is 858. The highest BCUT2D eigenvalue weighted by atomic mass is 35.5. The number of carbonyl (C=O) groups is 1. The molecule has 1 amide bonds. The molecular formula is C20H15ClN2O. The van der Waals surface area contributed by atoms with E-state index in [-0.39, 0.29) is 5.91 Å². The Morgan fingerprint density at radius 2 is 1.58 bits per heavy atom. The van der Waals surface area contributed by atoms with Gasteiger partial charge in [0.15, 0.2) is 0 Å². The maximum absolute atomic E-state index is 12.1. The van der Waals surface area contributed by atoms with Crippen molar-refractivity contribution in [3.05, 3.63) is 95.0 Å². The van der Waals surface area contributed by atoms with Gasteiger partial charge in [-0.05, 0) is 41.0 Å². The minimum Gasteiger partial charge on any atom is -0.267 e. The zero-order valence-electron chi connectivity index (χ0n) is 12.8. The highest BCUT2D eigenvalue weighted by Crippen LogP contribution is 2.19. The van der Waals surface area contributed by atoms with Crippen LogP contribution in [-0.4, -0.2) is 12.1 Å². The quantitative estimate of drug-likeness (QED) is 0.542. The van der Waals surface area contributed by atoms with E-state index in [0.29, 0.717) is 10.6 Å². The number of nitrogens with one attached hydrogen (secondary N) is 1. The molecule has 1 N–H and O–H groups in total. The molecule has 4 heteroatoms. The van der Waals surface area contributed by atoms with Crippen LogP contribution in [0.2, 0.25) is 5.02 Å². The van der Waals surface area contributed by atoms with Crippen LogP contribution in [0.3, 0.4) is 0 Å². The Labute approximate surface area is 145 Å². The van der Waals surface area contributed by atoms with Gasteiger partial charge >= 0.3 is 0 Å². The van der Waals surface area contributed by atoms with Crippen LogP contribution in [0.25, 0.3) is 11.1 Å². The number of nitrogens with zero attached hydrogens (tertiary/aromatic N) is 1. The summed E-state index contributed by atoms with van der Waals surface area (Å²) in [7, 11) is 0. The van der Waals surface area contributed by atoms with Crippen LogP contribution in [0.5, 0.6) is 0 Å². The number of hydrazone groups is 1. The SMILES string of the molecule is O=C(N/N=C/c1cccc(Cl)c1)c1ccc(-c2ccccc2)cc1. The molecule has 0 saturated carbocycles. The highest BCUT2D eigenvalue weighted by molar-refractivity contribution is 6.30. The Kier molecular flexibility index (Phi) is 5.04. The summed E-state index contributed by atoms with van der Waals surface area (Å²) in [6.07, 6.45) is 1.56. The fourth-order valence-electron chi connectivity index (χ4n) is 2.26. The van der Waals surface area contributed by atoms with Crippen molar-refractivity contribution in [2.75, 3.05) is 0 Å². The van der Waals surface area contributed by atoms with Gasteiger partial charge in [0.1, 0.15) is 0 Å². The van der Waals surface area contributed by atoms with E-state index < -0.39 is 0 Å². The van der Waals surface area contributed by atoms with Crippen LogP contribution in [-0.2, 0) is 0 Å². The molecule has 0 aliphatic heterocycles. The summed E-state index contributed by atoms with van der Waals surface area (Å²) in [5.41, 5.74) is 6.07. The van der Waals surface area contributed by atoms with Crippen molar-refractivity contribution < 1.29 is 4.79 Å². The van der Waals surface area contributed by atoms with Gasteiger partial charge in [-0.1, -0.05) is 66.2 Å². The van der Waals surface area contributed by atoms with Gasteiger partial charge in [-0.2, -0.15) is 5.10 Å². The second-order valence-corrected chi connectivity index (χ2v) is 5.63. The molecule has 24 heavy (non-hydrogen) atoms. The summed E-state index contributed by atoms with van der Waals surface area (Å²) in [5, 5.41) is 4.58. The summed E-state index contributed by atoms with van der Waals surface area (Å²) >= 11 is 5.90. The molecule has 3 nitrogen and oxygen atoms in total. The van der Waals surface area contributed by atoms with E-state index in [2.05, 4.69) is 10.5 Å². The fourth-order valence-corrected chi connectivity index (χ4v) is 2.46. The molecule has 0 bridgehead atoms. The standard InChI is InChI=1S/C20H15ClN2O/c21-19-8-4-5-15(13-19)14-22-23-20(24)18-11-9-17(10-12-18)16-6-2-1-3-7-16/h1-14H,(H,23,24)/b22-14+. The lowest BCUT2D eigenvalue weighted by molar-refractivity contribution is 0.0955. The molecule has 118 valence electrons. The molecule has 0 saturated heterocycles. The molecule has 0 aromatic heterocycles. The van der Waals surface area contributed by atoms with Gasteiger partial charge in [-0.25, -0.2) is 5.43 Å². The van der Waals surface area contributed by atoms with E-state index >= 15 is 0 Å². The molecule has 3 rings (SSSR count). The molecule has 0 atom stereocenters. The Morgan fingerprint density at radius 3 is 2.29 bits per heavy atom. The third-order valence-corrected chi connectivity index (χ3v) is 3.72. The molecule has 0 fully saturated rings. The maximum Gasteiger partial charge on any atom is 0.271 e. The van der Waals surface area contributed by atoms with Gasteiger partial charge in [0.2, 0.25) is 0 Å². The summed E-state index contributed by atoms with van der Waals surface area (Å²) < 4.78 is 0. The van der Waals surface area contributed by atoms with E-state index in [0.717, 1.165) is 16.7 Å². The van der Waals surface area contributed by atoms with Crippen LogP contribution in [0.15, 0.2) is 84.0 Å². The average molecular weight is 335 g/mol. The van der Waals surface area contributed by atoms with E-state index in [1.165, 1.54) is 0 Å². The minimum absolute atomic E-state index is 0.257. The first-order valence-electron chi connectivity index (χ1n) is 7.47. The van der Waals surface area contributed by atoms with Gasteiger partial charge in [-0.3, -0.25) is 4.79 Å². The maximum atomic E-state index is 12.1. The number of carbonyl (C=O) groups excluding carboxylic acids is 1. The van der Waals surface area contributed by atoms with Crippen molar-refractivity contribution in [2.24, 2.45) is 5.10 Å². The van der Waals surface area contributed by atoms with E-state index in [4.69, 9.17) is 11.6 Å². The lowest BCUT2D eigenvalue weighted by Gasteiger charge is -2.03. The summed E-state index contributed by atoms with van der Waals surface area (Å²) in [4.78, 5) is 12.1. The number of amides is 1. The summed E-state index contributed by atoms with van der Waals surface area (Å²) in [6.45, 7) is 0. The third kappa shape index (κ3) is 4.09. The van der Waals surface area contributed by atoms with Gasteiger partial charge in [0.25, 0.3) is 5.91 Å². The molecule has 3 aromatic carbocycles. The zero-order valence-corrected chi connectivity index (χ0v) is 13.6. The van der Waals surface area contributed by atoms with E-state index in [1.807, 2.05) is 54.6 Å². The monoisotopic (exact) mass is 334 g/mol. The Morgan fingerprint density at radius 1 is 0.875 bits per heavy atom. The van der Waals surface area contributed by atoms with Crippen LogP contribution in [0.1, 0.15) is 15.9 Å². The van der Waals surface area contributed by atoms with Gasteiger partial charge in [0.05, 0.1) is 6.21 Å². The second-order valence-electron chi connectivity index (χ2n) is 5.20. The van der Waals surface area contributed by atoms with Gasteiger partial charge in [0, 0.05) is 10.6 Å². The van der Waals surface area contributed by atoms with E-state index in [1.54, 1.807) is 30.5 Å². The van der Waals surface area contributed by atoms with Crippen molar-refractivity contribution in [1.29, 1.82) is 0 Å². The molecular weight excluding hydrogens is 320 g/mol. The number of hydrogen-bond acceptors (Lipinski definition) is 2. The molecule has 3 aromatic rings. The van der Waals surface area contributed by atoms with Gasteiger partial charge < -0.3 is 0 Å². The number of benzene rings is 3. The number of halogens is 1. The van der Waals surface area contributed by atoms with Crippen LogP contribution < -0.4 is 5.43 Å². The highest BCUT2D eigenvalue weighted by Gasteiger charge is 2.04. The third-order valence-electron chi connectivity index (χ3n) is 3.48. The molecule has 0 unspecified atom stereocenters. The van der Waals surface area contributed by atoms with Crippen LogP contribution in [0, 0.1) is 0 Å². The first kappa shape index (κ1) is 16.0. The largest absolute Gasteiger partial charge is 0.271 e. The predicted molar refractivity (Wildman–Crippen MR) is 98.4 cm³/mol. The zero-order chi connectivity index (χ0) is 16.8. The van der Waals surface area contributed by atoms with Crippen molar-refractivity contribution in [3.63, 3.8) is 0 Å². The smallest absolute Gasteiger partial charge is 0.267 e. The van der Waals surface area contributed by atoms with Crippen molar-refractivity contribution in [2.45, 2.75) is 0 Å². The Balaban J connectivity index is 1.65. The molecule has 0 heterocycles. The number of hydrogen-bond donors (Lipinski definition) is 1.